The number of alkyl halides is 8. The maximum atomic E-state index is 13.3. The van der Waals surface area contributed by atoms with E-state index in [1.165, 1.54) is 0 Å². The van der Waals surface area contributed by atoms with Crippen LogP contribution in [-0.2, 0) is 0 Å². The first-order valence-electron chi connectivity index (χ1n) is 5.70. The molecule has 0 spiro atoms. The van der Waals surface area contributed by atoms with E-state index >= 15 is 0 Å². The minimum atomic E-state index is -5.93. The Morgan fingerprint density at radius 2 is 1.42 bits per heavy atom. The lowest BCUT2D eigenvalue weighted by Gasteiger charge is -2.30. The Bertz CT molecular complexity index is 245. The molecular formula is C11H15F7I. The Kier molecular flexibility index (Phi) is 7.40. The first kappa shape index (κ1) is 19.2. The molecule has 8 heteroatoms. The molecule has 0 aliphatic heterocycles. The summed E-state index contributed by atoms with van der Waals surface area (Å²) in [7, 11) is 0. The fourth-order valence-corrected chi connectivity index (χ4v) is 2.24. The maximum Gasteiger partial charge on any atom is 0.431 e. The third-order valence-electron chi connectivity index (χ3n) is 2.71. The van der Waals surface area contributed by atoms with Gasteiger partial charge >= 0.3 is 12.4 Å². The molecule has 0 rings (SSSR count). The van der Waals surface area contributed by atoms with Crippen LogP contribution in [0.2, 0.25) is 0 Å². The van der Waals surface area contributed by atoms with E-state index in [2.05, 4.69) is 0 Å². The van der Waals surface area contributed by atoms with Crippen LogP contribution in [0, 0.1) is 6.42 Å². The lowest BCUT2D eigenvalue weighted by molar-refractivity contribution is -0.343. The van der Waals surface area contributed by atoms with Gasteiger partial charge in [-0.1, -0.05) is 42.4 Å². The fourth-order valence-electron chi connectivity index (χ4n) is 1.49. The fraction of sp³-hybridized carbons (Fsp3) is 0.909. The Morgan fingerprint density at radius 1 is 0.947 bits per heavy atom. The highest BCUT2D eigenvalue weighted by Crippen LogP contribution is 2.49. The van der Waals surface area contributed by atoms with E-state index < -0.39 is 34.8 Å². The monoisotopic (exact) mass is 407 g/mol. The minimum absolute atomic E-state index is 0.405. The smallest absolute Gasteiger partial charge is 0.224 e. The summed E-state index contributed by atoms with van der Waals surface area (Å²) in [6.07, 6.45) is -10.2. The molecule has 0 aromatic heterocycles. The van der Waals surface area contributed by atoms with Crippen LogP contribution < -0.4 is 0 Å². The molecule has 0 nitrogen and oxygen atoms in total. The number of hydrogen-bond donors (Lipinski definition) is 0. The maximum absolute atomic E-state index is 13.3. The number of hydrogen-bond acceptors (Lipinski definition) is 0. The van der Waals surface area contributed by atoms with Crippen LogP contribution in [0.15, 0.2) is 0 Å². The second-order valence-electron chi connectivity index (χ2n) is 4.27. The number of rotatable bonds is 7. The zero-order chi connectivity index (χ0) is 15.3. The van der Waals surface area contributed by atoms with E-state index in [1.807, 2.05) is 13.3 Å². The highest BCUT2D eigenvalue weighted by molar-refractivity contribution is 14.1. The van der Waals surface area contributed by atoms with Crippen LogP contribution in [-0.4, -0.2) is 21.9 Å². The Morgan fingerprint density at radius 3 is 1.79 bits per heavy atom. The van der Waals surface area contributed by atoms with Gasteiger partial charge in [0.25, 0.3) is 5.67 Å². The van der Waals surface area contributed by atoms with Crippen LogP contribution in [0.25, 0.3) is 0 Å². The standard InChI is InChI=1S/C11H15F7I/c1-2-3-4-5-8(19)6-7-9(12,10(13,14)15)11(16,17)18/h2,8H,3-7H2,1H3. The molecule has 1 radical (unpaired) electrons. The van der Waals surface area contributed by atoms with Crippen LogP contribution in [0.5, 0.6) is 0 Å². The summed E-state index contributed by atoms with van der Waals surface area (Å²) in [6.45, 7) is 1.81. The van der Waals surface area contributed by atoms with Crippen molar-refractivity contribution in [2.75, 3.05) is 0 Å². The Balaban J connectivity index is 4.54. The lowest BCUT2D eigenvalue weighted by Crippen LogP contribution is -2.53. The van der Waals surface area contributed by atoms with E-state index in [1.54, 1.807) is 22.6 Å². The van der Waals surface area contributed by atoms with Crippen molar-refractivity contribution >= 4 is 22.6 Å². The molecule has 0 aliphatic rings. The third kappa shape index (κ3) is 5.63. The van der Waals surface area contributed by atoms with Gasteiger partial charge in [-0.05, 0) is 19.3 Å². The van der Waals surface area contributed by atoms with Gasteiger partial charge in [-0.3, -0.25) is 0 Å². The summed E-state index contributed by atoms with van der Waals surface area (Å²) in [5.41, 5.74) is -5.11. The topological polar surface area (TPSA) is 0 Å². The molecule has 0 aromatic rings. The van der Waals surface area contributed by atoms with Gasteiger partial charge in [-0.2, -0.15) is 26.3 Å². The van der Waals surface area contributed by atoms with E-state index in [0.717, 1.165) is 6.42 Å². The normalized spacial score (nSPS) is 15.6. The third-order valence-corrected chi connectivity index (χ3v) is 3.96. The van der Waals surface area contributed by atoms with E-state index in [4.69, 9.17) is 0 Å². The van der Waals surface area contributed by atoms with Crippen molar-refractivity contribution in [3.05, 3.63) is 6.42 Å². The summed E-state index contributed by atoms with van der Waals surface area (Å²) in [4.78, 5) is 0. The SMILES string of the molecule is C[CH]CCCC(I)CCC(F)(C(F)(F)F)C(F)(F)F. The summed E-state index contributed by atoms with van der Waals surface area (Å²) in [5.74, 6) is 0. The molecule has 0 amide bonds. The molecule has 1 unspecified atom stereocenters. The van der Waals surface area contributed by atoms with E-state index in [0.29, 0.717) is 12.8 Å². The van der Waals surface area contributed by atoms with Gasteiger partial charge in [0.15, 0.2) is 0 Å². The van der Waals surface area contributed by atoms with Crippen LogP contribution in [0.1, 0.15) is 39.0 Å². The Labute approximate surface area is 121 Å². The summed E-state index contributed by atoms with van der Waals surface area (Å²) < 4.78 is 86.4. The first-order valence-corrected chi connectivity index (χ1v) is 6.94. The molecule has 0 aromatic carbocycles. The number of halogens is 8. The lowest BCUT2D eigenvalue weighted by atomic mass is 9.96. The molecule has 0 saturated carbocycles. The van der Waals surface area contributed by atoms with Gasteiger partial charge in [-0.15, -0.1) is 0 Å². The zero-order valence-corrected chi connectivity index (χ0v) is 12.4. The largest absolute Gasteiger partial charge is 0.431 e. The second kappa shape index (κ2) is 7.31. The van der Waals surface area contributed by atoms with Crippen LogP contribution >= 0.6 is 22.6 Å². The molecule has 0 fully saturated rings. The highest BCUT2D eigenvalue weighted by Gasteiger charge is 2.71. The van der Waals surface area contributed by atoms with Gasteiger partial charge in [0.05, 0.1) is 0 Å². The molecule has 19 heavy (non-hydrogen) atoms. The van der Waals surface area contributed by atoms with Crippen molar-refractivity contribution in [1.29, 1.82) is 0 Å². The highest BCUT2D eigenvalue weighted by atomic mass is 127. The predicted octanol–water partition coefficient (Wildman–Crippen LogP) is 5.80. The van der Waals surface area contributed by atoms with E-state index in [9.17, 15) is 30.7 Å². The van der Waals surface area contributed by atoms with Crippen LogP contribution in [0.3, 0.4) is 0 Å². The van der Waals surface area contributed by atoms with Gasteiger partial charge in [0, 0.05) is 10.3 Å². The van der Waals surface area contributed by atoms with Gasteiger partial charge in [0.1, 0.15) is 0 Å². The molecule has 0 aliphatic carbocycles. The zero-order valence-electron chi connectivity index (χ0n) is 10.2. The van der Waals surface area contributed by atoms with Crippen molar-refractivity contribution in [2.45, 2.75) is 61.0 Å². The van der Waals surface area contributed by atoms with E-state index in [-0.39, 0.29) is 0 Å². The molecule has 0 saturated heterocycles. The number of unbranched alkanes of at least 4 members (excludes halogenated alkanes) is 2. The summed E-state index contributed by atoms with van der Waals surface area (Å²) >= 11 is 1.76. The van der Waals surface area contributed by atoms with Crippen molar-refractivity contribution in [1.82, 2.24) is 0 Å². The van der Waals surface area contributed by atoms with Crippen molar-refractivity contribution in [2.24, 2.45) is 0 Å². The quantitative estimate of drug-likeness (QED) is 0.217. The average Bonchev–Trinajstić information content (AvgIpc) is 2.23. The second-order valence-corrected chi connectivity index (χ2v) is 6.03. The average molecular weight is 407 g/mol. The van der Waals surface area contributed by atoms with Crippen LogP contribution in [0.4, 0.5) is 30.7 Å². The molecule has 0 heterocycles. The van der Waals surface area contributed by atoms with Gasteiger partial charge < -0.3 is 0 Å². The summed E-state index contributed by atoms with van der Waals surface area (Å²) in [5, 5.41) is 0. The molecular weight excluding hydrogens is 392 g/mol. The van der Waals surface area contributed by atoms with Gasteiger partial charge in [-0.25, -0.2) is 4.39 Å². The molecule has 1 atom stereocenters. The molecule has 115 valence electrons. The molecule has 0 bridgehead atoms. The minimum Gasteiger partial charge on any atom is -0.224 e. The van der Waals surface area contributed by atoms with Crippen molar-refractivity contribution < 1.29 is 30.7 Å². The summed E-state index contributed by atoms with van der Waals surface area (Å²) in [6, 6.07) is 0. The van der Waals surface area contributed by atoms with Gasteiger partial charge in [0.2, 0.25) is 0 Å². The Hall–Kier alpha value is 0.240. The predicted molar refractivity (Wildman–Crippen MR) is 66.8 cm³/mol. The van der Waals surface area contributed by atoms with Crippen molar-refractivity contribution in [3.63, 3.8) is 0 Å². The van der Waals surface area contributed by atoms with Crippen molar-refractivity contribution in [3.8, 4) is 0 Å². The molecule has 0 N–H and O–H groups in total. The first-order chi connectivity index (χ1) is 8.45.